The van der Waals surface area contributed by atoms with E-state index < -0.39 is 0 Å². The number of nitrogens with one attached hydrogen (secondary N) is 1. The van der Waals surface area contributed by atoms with E-state index >= 15 is 0 Å². The van der Waals surface area contributed by atoms with Crippen molar-refractivity contribution < 1.29 is 0 Å². The maximum Gasteiger partial charge on any atom is 0.0576 e. The zero-order chi connectivity index (χ0) is 21.3. The highest BCUT2D eigenvalue weighted by Crippen LogP contribution is 2.29. The third kappa shape index (κ3) is 5.49. The van der Waals surface area contributed by atoms with Gasteiger partial charge in [-0.2, -0.15) is 0 Å². The highest BCUT2D eigenvalue weighted by atomic mass is 14.9. The fourth-order valence-electron chi connectivity index (χ4n) is 4.29. The molecule has 31 heavy (non-hydrogen) atoms. The van der Waals surface area contributed by atoms with E-state index in [0.717, 1.165) is 13.0 Å². The minimum Gasteiger partial charge on any atom is -0.327 e. The third-order valence-electron chi connectivity index (χ3n) is 5.84. The lowest BCUT2D eigenvalue weighted by Gasteiger charge is -2.27. The Hall–Kier alpha value is -3.20. The van der Waals surface area contributed by atoms with Crippen LogP contribution in [0.25, 0.3) is 0 Å². The van der Waals surface area contributed by atoms with Gasteiger partial charge in [-0.1, -0.05) is 121 Å². The SMILES string of the molecule is NC(CCNC(c1ccccc1)c1ccccc1)C(c1ccccc1)c1ccccc1. The number of hydrogen-bond donors (Lipinski definition) is 2. The van der Waals surface area contributed by atoms with E-state index in [1.165, 1.54) is 22.3 Å². The molecule has 0 aromatic heterocycles. The molecule has 0 radical (unpaired) electrons. The van der Waals surface area contributed by atoms with Gasteiger partial charge in [0.1, 0.15) is 0 Å². The monoisotopic (exact) mass is 406 g/mol. The fourth-order valence-corrected chi connectivity index (χ4v) is 4.29. The molecule has 1 unspecified atom stereocenters. The Morgan fingerprint density at radius 1 is 0.516 bits per heavy atom. The van der Waals surface area contributed by atoms with E-state index in [1.807, 2.05) is 0 Å². The highest BCUT2D eigenvalue weighted by Gasteiger charge is 2.22. The first-order valence-corrected chi connectivity index (χ1v) is 11.0. The molecule has 2 heteroatoms. The second-order valence-electron chi connectivity index (χ2n) is 7.96. The Balaban J connectivity index is 1.50. The van der Waals surface area contributed by atoms with Crippen molar-refractivity contribution in [2.45, 2.75) is 24.4 Å². The van der Waals surface area contributed by atoms with E-state index in [-0.39, 0.29) is 18.0 Å². The first kappa shape index (κ1) is 21.0. The largest absolute Gasteiger partial charge is 0.327 e. The van der Waals surface area contributed by atoms with Crippen molar-refractivity contribution in [3.05, 3.63) is 144 Å². The van der Waals surface area contributed by atoms with Crippen LogP contribution in [-0.2, 0) is 0 Å². The van der Waals surface area contributed by atoms with Crippen molar-refractivity contribution in [2.75, 3.05) is 6.54 Å². The van der Waals surface area contributed by atoms with Gasteiger partial charge >= 0.3 is 0 Å². The maximum atomic E-state index is 6.81. The third-order valence-corrected chi connectivity index (χ3v) is 5.84. The van der Waals surface area contributed by atoms with Gasteiger partial charge in [-0.05, 0) is 35.2 Å². The summed E-state index contributed by atoms with van der Waals surface area (Å²) < 4.78 is 0. The van der Waals surface area contributed by atoms with Crippen LogP contribution < -0.4 is 11.1 Å². The zero-order valence-corrected chi connectivity index (χ0v) is 17.8. The Morgan fingerprint density at radius 2 is 0.871 bits per heavy atom. The summed E-state index contributed by atoms with van der Waals surface area (Å²) in [5, 5.41) is 3.76. The molecule has 0 aliphatic rings. The zero-order valence-electron chi connectivity index (χ0n) is 17.8. The molecule has 0 aliphatic heterocycles. The topological polar surface area (TPSA) is 38.0 Å². The van der Waals surface area contributed by atoms with E-state index in [9.17, 15) is 0 Å². The van der Waals surface area contributed by atoms with Gasteiger partial charge in [0, 0.05) is 12.0 Å². The Morgan fingerprint density at radius 3 is 1.26 bits per heavy atom. The summed E-state index contributed by atoms with van der Waals surface area (Å²) in [5.74, 6) is 0.177. The second kappa shape index (κ2) is 10.7. The van der Waals surface area contributed by atoms with Crippen molar-refractivity contribution in [3.8, 4) is 0 Å². The lowest BCUT2D eigenvalue weighted by molar-refractivity contribution is 0.499. The molecule has 3 N–H and O–H groups in total. The standard InChI is InChI=1S/C29H30N2/c30-27(28(23-13-5-1-6-14-23)24-15-7-2-8-16-24)21-22-31-29(25-17-9-3-10-18-25)26-19-11-4-12-20-26/h1-20,27-29,31H,21-22,30H2. The molecule has 1 atom stereocenters. The van der Waals surface area contributed by atoms with Crippen LogP contribution in [0.5, 0.6) is 0 Å². The first-order valence-electron chi connectivity index (χ1n) is 11.0. The molecule has 0 heterocycles. The van der Waals surface area contributed by atoms with Gasteiger partial charge in [-0.25, -0.2) is 0 Å². The van der Waals surface area contributed by atoms with Gasteiger partial charge in [0.05, 0.1) is 6.04 Å². The molecular weight excluding hydrogens is 376 g/mol. The molecule has 2 nitrogen and oxygen atoms in total. The smallest absolute Gasteiger partial charge is 0.0576 e. The molecule has 4 aromatic rings. The lowest BCUT2D eigenvalue weighted by Crippen LogP contribution is -2.34. The average molecular weight is 407 g/mol. The molecule has 156 valence electrons. The van der Waals surface area contributed by atoms with E-state index in [1.54, 1.807) is 0 Å². The Labute approximate surface area is 185 Å². The predicted molar refractivity (Wildman–Crippen MR) is 130 cm³/mol. The molecule has 0 aliphatic carbocycles. The molecular formula is C29H30N2. The minimum atomic E-state index is 0.0181. The molecule has 0 bridgehead atoms. The van der Waals surface area contributed by atoms with Crippen LogP contribution in [0.3, 0.4) is 0 Å². The fraction of sp³-hybridized carbons (Fsp3) is 0.172. The Bertz CT molecular complexity index is 938. The molecule has 0 fully saturated rings. The molecule has 0 amide bonds. The van der Waals surface area contributed by atoms with E-state index in [2.05, 4.69) is 127 Å². The minimum absolute atomic E-state index is 0.0181. The van der Waals surface area contributed by atoms with Crippen LogP contribution >= 0.6 is 0 Å². The van der Waals surface area contributed by atoms with Crippen LogP contribution in [0.2, 0.25) is 0 Å². The first-order chi connectivity index (χ1) is 15.3. The van der Waals surface area contributed by atoms with Gasteiger partial charge in [0.25, 0.3) is 0 Å². The van der Waals surface area contributed by atoms with Crippen LogP contribution in [-0.4, -0.2) is 12.6 Å². The van der Waals surface area contributed by atoms with Crippen LogP contribution in [0, 0.1) is 0 Å². The van der Waals surface area contributed by atoms with Gasteiger partial charge in [0.15, 0.2) is 0 Å². The Kier molecular flexibility index (Phi) is 7.28. The van der Waals surface area contributed by atoms with Crippen molar-refractivity contribution in [3.63, 3.8) is 0 Å². The van der Waals surface area contributed by atoms with Crippen molar-refractivity contribution in [1.29, 1.82) is 0 Å². The van der Waals surface area contributed by atoms with E-state index in [4.69, 9.17) is 5.73 Å². The summed E-state index contributed by atoms with van der Waals surface area (Å²) in [6.45, 7) is 0.839. The molecule has 0 saturated heterocycles. The van der Waals surface area contributed by atoms with Crippen LogP contribution in [0.4, 0.5) is 0 Å². The summed E-state index contributed by atoms with van der Waals surface area (Å²) in [4.78, 5) is 0. The van der Waals surface area contributed by atoms with Crippen molar-refractivity contribution in [1.82, 2.24) is 5.32 Å². The van der Waals surface area contributed by atoms with Crippen LogP contribution in [0.1, 0.15) is 40.6 Å². The average Bonchev–Trinajstić information content (AvgIpc) is 2.84. The van der Waals surface area contributed by atoms with Gasteiger partial charge in [-0.15, -0.1) is 0 Å². The summed E-state index contributed by atoms with van der Waals surface area (Å²) in [6.07, 6.45) is 0.880. The van der Waals surface area contributed by atoms with Crippen molar-refractivity contribution >= 4 is 0 Å². The summed E-state index contributed by atoms with van der Waals surface area (Å²) in [6, 6.07) is 42.6. The highest BCUT2D eigenvalue weighted by molar-refractivity contribution is 5.34. The van der Waals surface area contributed by atoms with Crippen molar-refractivity contribution in [2.24, 2.45) is 5.73 Å². The van der Waals surface area contributed by atoms with Gasteiger partial charge in [0.2, 0.25) is 0 Å². The maximum absolute atomic E-state index is 6.81. The van der Waals surface area contributed by atoms with Crippen LogP contribution in [0.15, 0.2) is 121 Å². The summed E-state index contributed by atoms with van der Waals surface area (Å²) >= 11 is 0. The van der Waals surface area contributed by atoms with Gasteiger partial charge < -0.3 is 11.1 Å². The number of benzene rings is 4. The summed E-state index contributed by atoms with van der Waals surface area (Å²) in [7, 11) is 0. The number of hydrogen-bond acceptors (Lipinski definition) is 2. The molecule has 0 spiro atoms. The molecule has 0 saturated carbocycles. The number of rotatable bonds is 9. The second-order valence-corrected chi connectivity index (χ2v) is 7.96. The molecule has 4 aromatic carbocycles. The quantitative estimate of drug-likeness (QED) is 0.362. The molecule has 4 rings (SSSR count). The lowest BCUT2D eigenvalue weighted by atomic mass is 9.84. The van der Waals surface area contributed by atoms with E-state index in [0.29, 0.717) is 0 Å². The van der Waals surface area contributed by atoms with Gasteiger partial charge in [-0.3, -0.25) is 0 Å². The summed E-state index contributed by atoms with van der Waals surface area (Å²) in [5.41, 5.74) is 11.9. The predicted octanol–water partition coefficient (Wildman–Crippen LogP) is 5.92. The normalized spacial score (nSPS) is 12.2. The number of nitrogens with two attached hydrogens (primary N) is 1.